The topological polar surface area (TPSA) is 81.4 Å². The van der Waals surface area contributed by atoms with Crippen molar-refractivity contribution in [3.63, 3.8) is 0 Å². The van der Waals surface area contributed by atoms with Crippen LogP contribution >= 0.6 is 11.3 Å². The predicted molar refractivity (Wildman–Crippen MR) is 74.5 cm³/mol. The molecule has 6 heteroatoms. The number of rotatable bonds is 5. The predicted octanol–water partition coefficient (Wildman–Crippen LogP) is 2.09. The number of ether oxygens (including phenoxy) is 1. The van der Waals surface area contributed by atoms with Crippen molar-refractivity contribution >= 4 is 28.2 Å². The summed E-state index contributed by atoms with van der Waals surface area (Å²) < 4.78 is 5.07. The molecular formula is C13H18N2O3S. The third-order valence-electron chi connectivity index (χ3n) is 2.97. The zero-order chi connectivity index (χ0) is 14.0. The summed E-state index contributed by atoms with van der Waals surface area (Å²) in [4.78, 5) is 23.7. The van der Waals surface area contributed by atoms with Crippen LogP contribution in [0.5, 0.6) is 0 Å². The van der Waals surface area contributed by atoms with Crippen molar-refractivity contribution in [2.45, 2.75) is 38.6 Å². The van der Waals surface area contributed by atoms with Crippen molar-refractivity contribution in [1.82, 2.24) is 0 Å². The van der Waals surface area contributed by atoms with Crippen molar-refractivity contribution < 1.29 is 14.3 Å². The number of anilines is 1. The highest BCUT2D eigenvalue weighted by Gasteiger charge is 2.32. The molecule has 0 bridgehead atoms. The van der Waals surface area contributed by atoms with E-state index >= 15 is 0 Å². The van der Waals surface area contributed by atoms with Crippen molar-refractivity contribution in [3.8, 4) is 0 Å². The average Bonchev–Trinajstić information content (AvgIpc) is 3.11. The fourth-order valence-corrected chi connectivity index (χ4v) is 2.83. The molecule has 1 aliphatic carbocycles. The van der Waals surface area contributed by atoms with E-state index in [2.05, 4.69) is 5.32 Å². The summed E-state index contributed by atoms with van der Waals surface area (Å²) in [5.41, 5.74) is 7.02. The van der Waals surface area contributed by atoms with Gasteiger partial charge >= 0.3 is 5.97 Å². The highest BCUT2D eigenvalue weighted by molar-refractivity contribution is 7.15. The molecule has 1 heterocycles. The fourth-order valence-electron chi connectivity index (χ4n) is 1.80. The molecule has 0 aliphatic heterocycles. The normalized spacial score (nSPS) is 15.9. The third-order valence-corrected chi connectivity index (χ3v) is 3.88. The van der Waals surface area contributed by atoms with Crippen LogP contribution in [0.2, 0.25) is 0 Å². The molecule has 0 aromatic carbocycles. The summed E-state index contributed by atoms with van der Waals surface area (Å²) in [6.07, 6.45) is 2.17. The van der Waals surface area contributed by atoms with Crippen LogP contribution in [0.3, 0.4) is 0 Å². The first-order chi connectivity index (χ1) is 9.04. The Labute approximate surface area is 116 Å². The highest BCUT2D eigenvalue weighted by Crippen LogP contribution is 2.46. The molecule has 1 aromatic rings. The number of hydrogen-bond acceptors (Lipinski definition) is 5. The molecule has 1 aromatic heterocycles. The average molecular weight is 282 g/mol. The number of thiophene rings is 1. The van der Waals surface area contributed by atoms with Gasteiger partial charge in [0.2, 0.25) is 5.91 Å². The maximum atomic E-state index is 12.0. The van der Waals surface area contributed by atoms with E-state index in [-0.39, 0.29) is 11.9 Å². The van der Waals surface area contributed by atoms with Gasteiger partial charge in [0.15, 0.2) is 0 Å². The molecule has 1 saturated carbocycles. The van der Waals surface area contributed by atoms with E-state index in [0.717, 1.165) is 18.4 Å². The number of carbonyl (C=O) groups excluding carboxylic acids is 2. The SMILES string of the molecule is CCOC(=O)c1c(C2CC2)csc1NC(=O)[C@H](C)N. The van der Waals surface area contributed by atoms with Crippen LogP contribution in [0.1, 0.15) is 48.5 Å². The molecular weight excluding hydrogens is 264 g/mol. The molecule has 104 valence electrons. The van der Waals surface area contributed by atoms with Crippen molar-refractivity contribution in [2.24, 2.45) is 5.73 Å². The van der Waals surface area contributed by atoms with Gasteiger partial charge in [-0.1, -0.05) is 0 Å². The first kappa shape index (κ1) is 14.0. The Bertz CT molecular complexity index is 492. The summed E-state index contributed by atoms with van der Waals surface area (Å²) >= 11 is 1.36. The summed E-state index contributed by atoms with van der Waals surface area (Å²) in [6, 6.07) is -0.610. The van der Waals surface area contributed by atoms with E-state index in [1.165, 1.54) is 11.3 Å². The van der Waals surface area contributed by atoms with E-state index in [9.17, 15) is 9.59 Å². The van der Waals surface area contributed by atoms with Crippen LogP contribution in [-0.2, 0) is 9.53 Å². The van der Waals surface area contributed by atoms with Gasteiger partial charge in [-0.3, -0.25) is 4.79 Å². The maximum Gasteiger partial charge on any atom is 0.341 e. The van der Waals surface area contributed by atoms with E-state index in [1.807, 2.05) is 5.38 Å². The van der Waals surface area contributed by atoms with E-state index in [0.29, 0.717) is 23.1 Å². The van der Waals surface area contributed by atoms with Gasteiger partial charge < -0.3 is 15.8 Å². The number of nitrogens with two attached hydrogens (primary N) is 1. The van der Waals surface area contributed by atoms with Gasteiger partial charge in [-0.2, -0.15) is 0 Å². The molecule has 1 atom stereocenters. The second kappa shape index (κ2) is 5.71. The Morgan fingerprint density at radius 3 is 2.79 bits per heavy atom. The number of esters is 1. The molecule has 5 nitrogen and oxygen atoms in total. The van der Waals surface area contributed by atoms with Crippen molar-refractivity contribution in [1.29, 1.82) is 0 Å². The van der Waals surface area contributed by atoms with Gasteiger partial charge in [0.05, 0.1) is 18.2 Å². The van der Waals surface area contributed by atoms with Gasteiger partial charge in [-0.05, 0) is 43.6 Å². The maximum absolute atomic E-state index is 12.0. The minimum Gasteiger partial charge on any atom is -0.462 e. The summed E-state index contributed by atoms with van der Waals surface area (Å²) in [5.74, 6) is -0.239. The van der Waals surface area contributed by atoms with Crippen LogP contribution in [0.25, 0.3) is 0 Å². The smallest absolute Gasteiger partial charge is 0.341 e. The zero-order valence-electron chi connectivity index (χ0n) is 11.1. The first-order valence-corrected chi connectivity index (χ1v) is 7.27. The number of carbonyl (C=O) groups is 2. The molecule has 2 rings (SSSR count). The molecule has 1 amide bonds. The van der Waals surface area contributed by atoms with Gasteiger partial charge in [0.25, 0.3) is 0 Å². The van der Waals surface area contributed by atoms with E-state index in [1.54, 1.807) is 13.8 Å². The van der Waals surface area contributed by atoms with Crippen LogP contribution in [0.4, 0.5) is 5.00 Å². The number of hydrogen-bond donors (Lipinski definition) is 2. The van der Waals surface area contributed by atoms with Crippen LogP contribution in [0.15, 0.2) is 5.38 Å². The van der Waals surface area contributed by atoms with Crippen molar-refractivity contribution in [3.05, 3.63) is 16.5 Å². The summed E-state index contributed by atoms with van der Waals surface area (Å²) in [6.45, 7) is 3.69. The lowest BCUT2D eigenvalue weighted by molar-refractivity contribution is -0.117. The Morgan fingerprint density at radius 2 is 2.26 bits per heavy atom. The quantitative estimate of drug-likeness (QED) is 0.810. The van der Waals surface area contributed by atoms with Gasteiger partial charge in [0.1, 0.15) is 5.00 Å². The number of nitrogens with one attached hydrogen (secondary N) is 1. The number of amides is 1. The van der Waals surface area contributed by atoms with Gasteiger partial charge in [-0.15, -0.1) is 11.3 Å². The standard InChI is InChI=1S/C13H18N2O3S/c1-3-18-13(17)10-9(8-4-5-8)6-19-12(10)15-11(16)7(2)14/h6-8H,3-5,14H2,1-2H3,(H,15,16)/t7-/m0/s1. The monoisotopic (exact) mass is 282 g/mol. The molecule has 0 unspecified atom stereocenters. The second-order valence-corrected chi connectivity index (χ2v) is 5.55. The van der Waals surface area contributed by atoms with Gasteiger partial charge in [0, 0.05) is 0 Å². The zero-order valence-corrected chi connectivity index (χ0v) is 11.9. The van der Waals surface area contributed by atoms with Gasteiger partial charge in [-0.25, -0.2) is 4.79 Å². The summed E-state index contributed by atoms with van der Waals surface area (Å²) in [5, 5.41) is 5.18. The van der Waals surface area contributed by atoms with Crippen LogP contribution in [0, 0.1) is 0 Å². The summed E-state index contributed by atoms with van der Waals surface area (Å²) in [7, 11) is 0. The second-order valence-electron chi connectivity index (χ2n) is 4.67. The van der Waals surface area contributed by atoms with Crippen LogP contribution in [-0.4, -0.2) is 24.5 Å². The van der Waals surface area contributed by atoms with Crippen molar-refractivity contribution in [2.75, 3.05) is 11.9 Å². The first-order valence-electron chi connectivity index (χ1n) is 6.39. The molecule has 0 radical (unpaired) electrons. The Hall–Kier alpha value is -1.40. The van der Waals surface area contributed by atoms with E-state index < -0.39 is 6.04 Å². The molecule has 1 fully saturated rings. The molecule has 19 heavy (non-hydrogen) atoms. The molecule has 0 spiro atoms. The fraction of sp³-hybridized carbons (Fsp3) is 0.538. The lowest BCUT2D eigenvalue weighted by Gasteiger charge is -2.09. The minimum absolute atomic E-state index is 0.297. The molecule has 1 aliphatic rings. The minimum atomic E-state index is -0.610. The Morgan fingerprint density at radius 1 is 1.58 bits per heavy atom. The highest BCUT2D eigenvalue weighted by atomic mass is 32.1. The Kier molecular flexibility index (Phi) is 4.21. The molecule has 0 saturated heterocycles. The van der Waals surface area contributed by atoms with E-state index in [4.69, 9.17) is 10.5 Å². The Balaban J connectivity index is 2.27. The third kappa shape index (κ3) is 3.13. The largest absolute Gasteiger partial charge is 0.462 e. The molecule has 3 N–H and O–H groups in total. The van der Waals surface area contributed by atoms with Crippen LogP contribution < -0.4 is 11.1 Å². The lowest BCUT2D eigenvalue weighted by atomic mass is 10.1. The lowest BCUT2D eigenvalue weighted by Crippen LogP contribution is -2.32.